The monoisotopic (exact) mass is 234 g/mol. The summed E-state index contributed by atoms with van der Waals surface area (Å²) in [5.41, 5.74) is 0. The average molecular weight is 234 g/mol. The van der Waals surface area contributed by atoms with Crippen LogP contribution in [-0.4, -0.2) is 15.3 Å². The highest BCUT2D eigenvalue weighted by atomic mass is 16.1. The molecule has 1 aliphatic carbocycles. The van der Waals surface area contributed by atoms with Crippen LogP contribution in [0.4, 0.5) is 0 Å². The summed E-state index contributed by atoms with van der Waals surface area (Å²) >= 11 is 0. The number of carbonyl (C=O) groups excluding carboxylic acids is 1. The number of hydrogen-bond acceptors (Lipinski definition) is 2. The molecule has 0 spiro atoms. The van der Waals surface area contributed by atoms with E-state index in [2.05, 4.69) is 11.9 Å². The summed E-state index contributed by atoms with van der Waals surface area (Å²) in [4.78, 5) is 16.4. The number of Topliss-reactive ketones (excluding diaryl/α,β-unsaturated/α-hetero) is 1. The van der Waals surface area contributed by atoms with Gasteiger partial charge in [-0.15, -0.1) is 0 Å². The number of rotatable bonds is 4. The molecular formula is C14H22N2O. The fraction of sp³-hybridized carbons (Fsp3) is 0.714. The summed E-state index contributed by atoms with van der Waals surface area (Å²) in [7, 11) is 1.98. The molecule has 3 heteroatoms. The zero-order chi connectivity index (χ0) is 12.3. The van der Waals surface area contributed by atoms with Crippen LogP contribution in [0.15, 0.2) is 12.4 Å². The van der Waals surface area contributed by atoms with E-state index >= 15 is 0 Å². The molecule has 0 radical (unpaired) electrons. The van der Waals surface area contributed by atoms with Crippen molar-refractivity contribution in [3.63, 3.8) is 0 Å². The largest absolute Gasteiger partial charge is 0.338 e. The first kappa shape index (κ1) is 12.3. The second-order valence-electron chi connectivity index (χ2n) is 5.39. The molecule has 2 atom stereocenters. The molecule has 1 heterocycles. The van der Waals surface area contributed by atoms with E-state index in [1.54, 1.807) is 6.20 Å². The predicted molar refractivity (Wildman–Crippen MR) is 67.7 cm³/mol. The lowest BCUT2D eigenvalue weighted by Crippen LogP contribution is -2.22. The van der Waals surface area contributed by atoms with Gasteiger partial charge in [0, 0.05) is 38.2 Å². The molecule has 17 heavy (non-hydrogen) atoms. The lowest BCUT2D eigenvalue weighted by Gasteiger charge is -2.25. The van der Waals surface area contributed by atoms with Gasteiger partial charge in [0.25, 0.3) is 0 Å². The number of hydrogen-bond donors (Lipinski definition) is 0. The number of aryl methyl sites for hydroxylation is 2. The summed E-state index contributed by atoms with van der Waals surface area (Å²) in [6, 6.07) is 0. The minimum atomic E-state index is 0.319. The maximum atomic E-state index is 12.1. The Balaban J connectivity index is 1.83. The highest BCUT2D eigenvalue weighted by Gasteiger charge is 2.24. The van der Waals surface area contributed by atoms with Crippen molar-refractivity contribution in [3.8, 4) is 0 Å². The van der Waals surface area contributed by atoms with Crippen LogP contribution in [0, 0.1) is 11.8 Å². The van der Waals surface area contributed by atoms with Crippen LogP contribution in [-0.2, 0) is 18.3 Å². The standard InChI is InChI=1S/C14H22N2O/c1-11-4-3-5-12(10-11)13(17)6-7-14-15-8-9-16(14)2/h8-9,11-12H,3-7,10H2,1-2H3. The third-order valence-corrected chi connectivity index (χ3v) is 3.91. The minimum absolute atomic E-state index is 0.319. The summed E-state index contributed by atoms with van der Waals surface area (Å²) in [5.74, 6) is 2.51. The molecule has 2 unspecified atom stereocenters. The van der Waals surface area contributed by atoms with Gasteiger partial charge in [-0.25, -0.2) is 4.98 Å². The van der Waals surface area contributed by atoms with Crippen molar-refractivity contribution in [1.29, 1.82) is 0 Å². The van der Waals surface area contributed by atoms with Crippen molar-refractivity contribution in [1.82, 2.24) is 9.55 Å². The Hall–Kier alpha value is -1.12. The number of imidazole rings is 1. The van der Waals surface area contributed by atoms with Crippen LogP contribution in [0.25, 0.3) is 0 Å². The minimum Gasteiger partial charge on any atom is -0.338 e. The Morgan fingerprint density at radius 1 is 1.53 bits per heavy atom. The average Bonchev–Trinajstić information content (AvgIpc) is 2.72. The Morgan fingerprint density at radius 2 is 2.35 bits per heavy atom. The Morgan fingerprint density at radius 3 is 3.00 bits per heavy atom. The number of ketones is 1. The fourth-order valence-electron chi connectivity index (χ4n) is 2.80. The SMILES string of the molecule is CC1CCCC(C(=O)CCc2nccn2C)C1. The second kappa shape index (κ2) is 5.48. The molecule has 94 valence electrons. The maximum absolute atomic E-state index is 12.1. The number of nitrogens with zero attached hydrogens (tertiary/aromatic N) is 2. The molecule has 3 nitrogen and oxygen atoms in total. The highest BCUT2D eigenvalue weighted by Crippen LogP contribution is 2.29. The van der Waals surface area contributed by atoms with E-state index in [1.807, 2.05) is 17.8 Å². The van der Waals surface area contributed by atoms with Crippen molar-refractivity contribution in [3.05, 3.63) is 18.2 Å². The lowest BCUT2D eigenvalue weighted by atomic mass is 9.79. The first-order chi connectivity index (χ1) is 8.16. The molecule has 0 bridgehead atoms. The molecule has 1 saturated carbocycles. The van der Waals surface area contributed by atoms with Gasteiger partial charge in [-0.1, -0.05) is 19.8 Å². The molecular weight excluding hydrogens is 212 g/mol. The van der Waals surface area contributed by atoms with Gasteiger partial charge >= 0.3 is 0 Å². The Labute approximate surface area is 103 Å². The zero-order valence-corrected chi connectivity index (χ0v) is 10.9. The van der Waals surface area contributed by atoms with Crippen LogP contribution in [0.1, 0.15) is 44.9 Å². The summed E-state index contributed by atoms with van der Waals surface area (Å²) in [5, 5.41) is 0. The van der Waals surface area contributed by atoms with E-state index in [-0.39, 0.29) is 0 Å². The van der Waals surface area contributed by atoms with Crippen LogP contribution in [0.5, 0.6) is 0 Å². The molecule has 1 fully saturated rings. The van der Waals surface area contributed by atoms with E-state index in [4.69, 9.17) is 0 Å². The van der Waals surface area contributed by atoms with Gasteiger partial charge in [-0.05, 0) is 18.8 Å². The van der Waals surface area contributed by atoms with Crippen molar-refractivity contribution in [2.24, 2.45) is 18.9 Å². The van der Waals surface area contributed by atoms with Crippen LogP contribution in [0.3, 0.4) is 0 Å². The summed E-state index contributed by atoms with van der Waals surface area (Å²) in [6.45, 7) is 2.26. The topological polar surface area (TPSA) is 34.9 Å². The van der Waals surface area contributed by atoms with Crippen molar-refractivity contribution in [2.75, 3.05) is 0 Å². The van der Waals surface area contributed by atoms with E-state index in [0.717, 1.165) is 31.0 Å². The first-order valence-corrected chi connectivity index (χ1v) is 6.65. The Bertz CT molecular complexity index is 383. The van der Waals surface area contributed by atoms with E-state index < -0.39 is 0 Å². The fourth-order valence-corrected chi connectivity index (χ4v) is 2.80. The molecule has 0 aromatic carbocycles. The third-order valence-electron chi connectivity index (χ3n) is 3.91. The van der Waals surface area contributed by atoms with Gasteiger partial charge in [0.1, 0.15) is 11.6 Å². The van der Waals surface area contributed by atoms with Crippen molar-refractivity contribution in [2.45, 2.75) is 45.4 Å². The van der Waals surface area contributed by atoms with E-state index in [0.29, 0.717) is 18.1 Å². The van der Waals surface area contributed by atoms with Gasteiger partial charge in [-0.2, -0.15) is 0 Å². The van der Waals surface area contributed by atoms with Crippen LogP contribution >= 0.6 is 0 Å². The lowest BCUT2D eigenvalue weighted by molar-refractivity contribution is -0.124. The first-order valence-electron chi connectivity index (χ1n) is 6.65. The van der Waals surface area contributed by atoms with Crippen LogP contribution in [0.2, 0.25) is 0 Å². The molecule has 1 aliphatic rings. The summed E-state index contributed by atoms with van der Waals surface area (Å²) in [6.07, 6.45) is 9.88. The number of carbonyl (C=O) groups is 1. The van der Waals surface area contributed by atoms with Gasteiger partial charge in [0.15, 0.2) is 0 Å². The molecule has 1 aromatic rings. The van der Waals surface area contributed by atoms with Crippen LogP contribution < -0.4 is 0 Å². The number of aromatic nitrogens is 2. The molecule has 1 aromatic heterocycles. The molecule has 0 N–H and O–H groups in total. The molecule has 0 saturated heterocycles. The van der Waals surface area contributed by atoms with Gasteiger partial charge in [-0.3, -0.25) is 4.79 Å². The molecule has 2 rings (SSSR count). The third kappa shape index (κ3) is 3.18. The van der Waals surface area contributed by atoms with E-state index in [1.165, 1.54) is 12.8 Å². The van der Waals surface area contributed by atoms with E-state index in [9.17, 15) is 4.79 Å². The zero-order valence-electron chi connectivity index (χ0n) is 10.9. The van der Waals surface area contributed by atoms with Crippen molar-refractivity contribution < 1.29 is 4.79 Å². The Kier molecular flexibility index (Phi) is 3.97. The second-order valence-corrected chi connectivity index (χ2v) is 5.39. The van der Waals surface area contributed by atoms with Crippen molar-refractivity contribution >= 4 is 5.78 Å². The predicted octanol–water partition coefficient (Wildman–Crippen LogP) is 2.75. The highest BCUT2D eigenvalue weighted by molar-refractivity contribution is 5.81. The summed E-state index contributed by atoms with van der Waals surface area (Å²) < 4.78 is 2.00. The smallest absolute Gasteiger partial charge is 0.136 e. The van der Waals surface area contributed by atoms with Gasteiger partial charge in [0.2, 0.25) is 0 Å². The van der Waals surface area contributed by atoms with Gasteiger partial charge < -0.3 is 4.57 Å². The normalized spacial score (nSPS) is 24.8. The molecule has 0 aliphatic heterocycles. The maximum Gasteiger partial charge on any atom is 0.136 e. The molecule has 0 amide bonds. The quantitative estimate of drug-likeness (QED) is 0.803. The van der Waals surface area contributed by atoms with Gasteiger partial charge in [0.05, 0.1) is 0 Å².